The average Bonchev–Trinajstić information content (AvgIpc) is 2.35. The predicted molar refractivity (Wildman–Crippen MR) is 70.4 cm³/mol. The quantitative estimate of drug-likeness (QED) is 0.802. The largest absolute Gasteiger partial charge is 0.481 e. The van der Waals surface area contributed by atoms with Gasteiger partial charge in [-0.3, -0.25) is 4.79 Å². The standard InChI is InChI=1S/C15H22O2/c1-4-6-14(15(16)17)13-9-7-12(8-10-13)11(3)5-2/h7-11,14H,4-6H2,1-3H3,(H,16,17). The van der Waals surface area contributed by atoms with Crippen molar-refractivity contribution in [2.45, 2.75) is 51.9 Å². The Kier molecular flexibility index (Phi) is 5.20. The van der Waals surface area contributed by atoms with Gasteiger partial charge in [0.15, 0.2) is 0 Å². The molecule has 2 unspecified atom stereocenters. The number of hydrogen-bond donors (Lipinski definition) is 1. The molecule has 94 valence electrons. The first kappa shape index (κ1) is 13.8. The van der Waals surface area contributed by atoms with Crippen LogP contribution in [0, 0.1) is 0 Å². The van der Waals surface area contributed by atoms with Crippen LogP contribution in [0.15, 0.2) is 24.3 Å². The molecule has 0 saturated carbocycles. The molecule has 1 rings (SSSR count). The molecule has 0 saturated heterocycles. The minimum absolute atomic E-state index is 0.356. The summed E-state index contributed by atoms with van der Waals surface area (Å²) in [6, 6.07) is 8.07. The molecule has 0 aliphatic carbocycles. The van der Waals surface area contributed by atoms with Gasteiger partial charge in [-0.05, 0) is 29.9 Å². The Labute approximate surface area is 104 Å². The highest BCUT2D eigenvalue weighted by Gasteiger charge is 2.18. The van der Waals surface area contributed by atoms with Gasteiger partial charge in [-0.1, -0.05) is 51.5 Å². The van der Waals surface area contributed by atoms with Crippen LogP contribution in [0.5, 0.6) is 0 Å². The van der Waals surface area contributed by atoms with Gasteiger partial charge in [-0.2, -0.15) is 0 Å². The average molecular weight is 234 g/mol. The summed E-state index contributed by atoms with van der Waals surface area (Å²) in [5.74, 6) is -0.535. The van der Waals surface area contributed by atoms with E-state index in [1.807, 2.05) is 19.1 Å². The smallest absolute Gasteiger partial charge is 0.310 e. The van der Waals surface area contributed by atoms with Gasteiger partial charge in [0.25, 0.3) is 0 Å². The van der Waals surface area contributed by atoms with E-state index in [4.69, 9.17) is 0 Å². The van der Waals surface area contributed by atoms with E-state index in [0.717, 1.165) is 18.4 Å². The zero-order valence-corrected chi connectivity index (χ0v) is 10.9. The number of carbonyl (C=O) groups is 1. The fourth-order valence-corrected chi connectivity index (χ4v) is 2.01. The van der Waals surface area contributed by atoms with Crippen LogP contribution in [0.25, 0.3) is 0 Å². The maximum Gasteiger partial charge on any atom is 0.310 e. The summed E-state index contributed by atoms with van der Waals surface area (Å²) >= 11 is 0. The molecule has 0 aromatic heterocycles. The molecule has 1 aromatic rings. The molecule has 2 nitrogen and oxygen atoms in total. The summed E-state index contributed by atoms with van der Waals surface area (Å²) in [6.07, 6.45) is 2.71. The van der Waals surface area contributed by atoms with Crippen molar-refractivity contribution in [2.75, 3.05) is 0 Å². The van der Waals surface area contributed by atoms with Gasteiger partial charge in [-0.15, -0.1) is 0 Å². The minimum Gasteiger partial charge on any atom is -0.481 e. The third kappa shape index (κ3) is 3.58. The van der Waals surface area contributed by atoms with E-state index in [2.05, 4.69) is 26.0 Å². The fourth-order valence-electron chi connectivity index (χ4n) is 2.01. The van der Waals surface area contributed by atoms with Crippen LogP contribution in [-0.2, 0) is 4.79 Å². The maximum absolute atomic E-state index is 11.2. The van der Waals surface area contributed by atoms with E-state index < -0.39 is 5.97 Å². The van der Waals surface area contributed by atoms with Gasteiger partial charge in [-0.25, -0.2) is 0 Å². The highest BCUT2D eigenvalue weighted by atomic mass is 16.4. The van der Waals surface area contributed by atoms with Crippen LogP contribution >= 0.6 is 0 Å². The lowest BCUT2D eigenvalue weighted by Gasteiger charge is -2.14. The lowest BCUT2D eigenvalue weighted by molar-refractivity contribution is -0.139. The Bertz CT molecular complexity index is 354. The first-order valence-electron chi connectivity index (χ1n) is 6.42. The topological polar surface area (TPSA) is 37.3 Å². The number of rotatable bonds is 6. The van der Waals surface area contributed by atoms with Crippen molar-refractivity contribution in [1.82, 2.24) is 0 Å². The lowest BCUT2D eigenvalue weighted by atomic mass is 9.91. The predicted octanol–water partition coefficient (Wildman–Crippen LogP) is 4.17. The number of aliphatic carboxylic acids is 1. The molecule has 1 N–H and O–H groups in total. The van der Waals surface area contributed by atoms with E-state index >= 15 is 0 Å². The summed E-state index contributed by atoms with van der Waals surface area (Å²) < 4.78 is 0. The first-order valence-corrected chi connectivity index (χ1v) is 6.42. The minimum atomic E-state index is -0.719. The van der Waals surface area contributed by atoms with Crippen LogP contribution in [0.4, 0.5) is 0 Å². The van der Waals surface area contributed by atoms with Crippen molar-refractivity contribution in [3.05, 3.63) is 35.4 Å². The van der Waals surface area contributed by atoms with Gasteiger partial charge in [0, 0.05) is 0 Å². The number of hydrogen-bond acceptors (Lipinski definition) is 1. The Morgan fingerprint density at radius 2 is 1.71 bits per heavy atom. The molecule has 0 radical (unpaired) electrons. The molecule has 1 aromatic carbocycles. The molecule has 0 fully saturated rings. The molecular weight excluding hydrogens is 212 g/mol. The first-order chi connectivity index (χ1) is 8.10. The van der Waals surface area contributed by atoms with Crippen LogP contribution in [0.1, 0.15) is 63.0 Å². The monoisotopic (exact) mass is 234 g/mol. The summed E-state index contributed by atoms with van der Waals surface area (Å²) in [5.41, 5.74) is 2.21. The van der Waals surface area contributed by atoms with Crippen molar-refractivity contribution in [2.24, 2.45) is 0 Å². The third-order valence-corrected chi connectivity index (χ3v) is 3.40. The third-order valence-electron chi connectivity index (χ3n) is 3.40. The lowest BCUT2D eigenvalue weighted by Crippen LogP contribution is -2.11. The Hall–Kier alpha value is -1.31. The van der Waals surface area contributed by atoms with Crippen molar-refractivity contribution >= 4 is 5.97 Å². The number of benzene rings is 1. The maximum atomic E-state index is 11.2. The highest BCUT2D eigenvalue weighted by molar-refractivity contribution is 5.76. The van der Waals surface area contributed by atoms with Crippen molar-refractivity contribution < 1.29 is 9.90 Å². The Morgan fingerprint density at radius 3 is 2.12 bits per heavy atom. The number of carboxylic acids is 1. The van der Waals surface area contributed by atoms with Gasteiger partial charge in [0.1, 0.15) is 0 Å². The van der Waals surface area contributed by atoms with Gasteiger partial charge in [0.2, 0.25) is 0 Å². The summed E-state index contributed by atoms with van der Waals surface area (Å²) in [5, 5.41) is 9.18. The highest BCUT2D eigenvalue weighted by Crippen LogP contribution is 2.25. The van der Waals surface area contributed by atoms with Crippen LogP contribution in [0.3, 0.4) is 0 Å². The molecule has 0 aliphatic rings. The molecule has 2 atom stereocenters. The zero-order valence-electron chi connectivity index (χ0n) is 10.9. The molecular formula is C15H22O2. The zero-order chi connectivity index (χ0) is 12.8. The van der Waals surface area contributed by atoms with E-state index in [1.165, 1.54) is 5.56 Å². The van der Waals surface area contributed by atoms with E-state index in [0.29, 0.717) is 12.3 Å². The van der Waals surface area contributed by atoms with Crippen molar-refractivity contribution in [3.8, 4) is 0 Å². The second-order valence-corrected chi connectivity index (χ2v) is 4.66. The second kappa shape index (κ2) is 6.43. The molecule has 0 heterocycles. The molecule has 0 amide bonds. The summed E-state index contributed by atoms with van der Waals surface area (Å²) in [7, 11) is 0. The van der Waals surface area contributed by atoms with Crippen molar-refractivity contribution in [3.63, 3.8) is 0 Å². The Balaban J connectivity index is 2.88. The van der Waals surface area contributed by atoms with E-state index in [9.17, 15) is 9.90 Å². The fraction of sp³-hybridized carbons (Fsp3) is 0.533. The molecule has 17 heavy (non-hydrogen) atoms. The molecule has 2 heteroatoms. The molecule has 0 aliphatic heterocycles. The number of carboxylic acid groups (broad SMARTS) is 1. The van der Waals surface area contributed by atoms with Gasteiger partial charge in [0.05, 0.1) is 5.92 Å². The normalized spacial score (nSPS) is 14.3. The molecule has 0 bridgehead atoms. The van der Waals surface area contributed by atoms with E-state index in [1.54, 1.807) is 0 Å². The summed E-state index contributed by atoms with van der Waals surface area (Å²) in [4.78, 5) is 11.2. The van der Waals surface area contributed by atoms with Gasteiger partial charge < -0.3 is 5.11 Å². The van der Waals surface area contributed by atoms with Crippen LogP contribution in [-0.4, -0.2) is 11.1 Å². The van der Waals surface area contributed by atoms with Crippen LogP contribution < -0.4 is 0 Å². The summed E-state index contributed by atoms with van der Waals surface area (Å²) in [6.45, 7) is 6.37. The molecule has 0 spiro atoms. The van der Waals surface area contributed by atoms with Crippen molar-refractivity contribution in [1.29, 1.82) is 0 Å². The van der Waals surface area contributed by atoms with E-state index in [-0.39, 0.29) is 5.92 Å². The van der Waals surface area contributed by atoms with Gasteiger partial charge >= 0.3 is 5.97 Å². The second-order valence-electron chi connectivity index (χ2n) is 4.66. The van der Waals surface area contributed by atoms with Crippen LogP contribution in [0.2, 0.25) is 0 Å². The SMILES string of the molecule is CCCC(C(=O)O)c1ccc(C(C)CC)cc1. The Morgan fingerprint density at radius 1 is 1.18 bits per heavy atom.